The Kier molecular flexibility index (Phi) is 6.57. The molecular weight excluding hydrogens is 524 g/mol. The SMILES string of the molecule is COC(=O)c1ccc(C=C2Oc3cc(OC(=O)c4c(-c5ccccc5)oc5ccc(OC)cc45)ccc3C2=O)cc1. The molecule has 0 saturated carbocycles. The molecule has 8 nitrogen and oxygen atoms in total. The Bertz CT molecular complexity index is 1850. The maximum absolute atomic E-state index is 13.6. The van der Waals surface area contributed by atoms with E-state index in [1.54, 1.807) is 61.7 Å². The third kappa shape index (κ3) is 4.83. The molecule has 0 atom stereocenters. The zero-order valence-electron chi connectivity index (χ0n) is 22.0. The number of fused-ring (bicyclic) bond motifs is 2. The molecule has 41 heavy (non-hydrogen) atoms. The van der Waals surface area contributed by atoms with Crippen molar-refractivity contribution in [3.63, 3.8) is 0 Å². The van der Waals surface area contributed by atoms with Gasteiger partial charge in [0.05, 0.1) is 25.3 Å². The van der Waals surface area contributed by atoms with Gasteiger partial charge in [0.1, 0.15) is 34.2 Å². The van der Waals surface area contributed by atoms with Gasteiger partial charge >= 0.3 is 11.9 Å². The maximum atomic E-state index is 13.6. The van der Waals surface area contributed by atoms with Crippen LogP contribution in [0, 0.1) is 0 Å². The van der Waals surface area contributed by atoms with E-state index in [2.05, 4.69) is 0 Å². The molecule has 0 unspecified atom stereocenters. The van der Waals surface area contributed by atoms with Gasteiger partial charge in [-0.25, -0.2) is 9.59 Å². The van der Waals surface area contributed by atoms with Crippen LogP contribution in [0.25, 0.3) is 28.4 Å². The molecule has 1 aliphatic rings. The molecule has 0 saturated heterocycles. The van der Waals surface area contributed by atoms with Gasteiger partial charge in [-0.15, -0.1) is 0 Å². The Labute approximate surface area is 234 Å². The summed E-state index contributed by atoms with van der Waals surface area (Å²) in [6.45, 7) is 0. The zero-order chi connectivity index (χ0) is 28.5. The predicted octanol–water partition coefficient (Wildman–Crippen LogP) is 6.73. The van der Waals surface area contributed by atoms with Crippen LogP contribution in [0.1, 0.15) is 36.6 Å². The topological polar surface area (TPSA) is 101 Å². The number of ketones is 1. The van der Waals surface area contributed by atoms with Crippen molar-refractivity contribution in [2.45, 2.75) is 0 Å². The van der Waals surface area contributed by atoms with Gasteiger partial charge in [0.2, 0.25) is 5.78 Å². The van der Waals surface area contributed by atoms with Gasteiger partial charge in [-0.2, -0.15) is 0 Å². The molecule has 0 bridgehead atoms. The fraction of sp³-hybridized carbons (Fsp3) is 0.0606. The number of hydrogen-bond donors (Lipinski definition) is 0. The van der Waals surface area contributed by atoms with E-state index >= 15 is 0 Å². The highest BCUT2D eigenvalue weighted by Crippen LogP contribution is 2.38. The maximum Gasteiger partial charge on any atom is 0.348 e. The first-order valence-electron chi connectivity index (χ1n) is 12.6. The monoisotopic (exact) mass is 546 g/mol. The molecule has 0 amide bonds. The van der Waals surface area contributed by atoms with Crippen molar-refractivity contribution >= 4 is 34.8 Å². The van der Waals surface area contributed by atoms with Crippen molar-refractivity contribution in [1.29, 1.82) is 0 Å². The molecule has 8 heteroatoms. The summed E-state index contributed by atoms with van der Waals surface area (Å²) in [4.78, 5) is 38.2. The summed E-state index contributed by atoms with van der Waals surface area (Å²) in [5.74, 6) is 0.0986. The summed E-state index contributed by atoms with van der Waals surface area (Å²) >= 11 is 0. The first-order valence-corrected chi connectivity index (χ1v) is 12.6. The Morgan fingerprint density at radius 2 is 1.56 bits per heavy atom. The Balaban J connectivity index is 1.29. The third-order valence-corrected chi connectivity index (χ3v) is 6.62. The van der Waals surface area contributed by atoms with Crippen molar-refractivity contribution in [3.8, 4) is 28.6 Å². The Morgan fingerprint density at radius 1 is 0.805 bits per heavy atom. The van der Waals surface area contributed by atoms with E-state index in [0.717, 1.165) is 0 Å². The van der Waals surface area contributed by atoms with Crippen LogP contribution in [0.5, 0.6) is 17.2 Å². The largest absolute Gasteiger partial charge is 0.497 e. The molecule has 0 N–H and O–H groups in total. The highest BCUT2D eigenvalue weighted by molar-refractivity contribution is 6.15. The highest BCUT2D eigenvalue weighted by atomic mass is 16.5. The number of allylic oxidation sites excluding steroid dienone is 1. The smallest absolute Gasteiger partial charge is 0.348 e. The van der Waals surface area contributed by atoms with Gasteiger partial charge in [-0.3, -0.25) is 4.79 Å². The Morgan fingerprint density at radius 3 is 2.29 bits per heavy atom. The van der Waals surface area contributed by atoms with Gasteiger partial charge in [0.15, 0.2) is 5.76 Å². The molecule has 2 heterocycles. The van der Waals surface area contributed by atoms with Gasteiger partial charge in [-0.1, -0.05) is 42.5 Å². The van der Waals surface area contributed by atoms with Crippen LogP contribution in [0.4, 0.5) is 0 Å². The van der Waals surface area contributed by atoms with E-state index in [1.165, 1.54) is 19.2 Å². The van der Waals surface area contributed by atoms with Gasteiger partial charge in [-0.05, 0) is 54.1 Å². The first kappa shape index (κ1) is 25.6. The molecular formula is C33H22O8. The molecule has 0 spiro atoms. The minimum atomic E-state index is -0.637. The lowest BCUT2D eigenvalue weighted by Crippen LogP contribution is -2.09. The van der Waals surface area contributed by atoms with E-state index in [-0.39, 0.29) is 28.6 Å². The van der Waals surface area contributed by atoms with Crippen molar-refractivity contribution < 1.29 is 37.7 Å². The molecule has 5 aromatic rings. The number of hydrogen-bond acceptors (Lipinski definition) is 8. The number of carbonyl (C=O) groups is 3. The lowest BCUT2D eigenvalue weighted by molar-refractivity contribution is 0.0600. The van der Waals surface area contributed by atoms with E-state index in [0.29, 0.717) is 44.7 Å². The second kappa shape index (κ2) is 10.5. The number of ether oxygens (including phenoxy) is 4. The summed E-state index contributed by atoms with van der Waals surface area (Å²) in [6.07, 6.45) is 1.58. The summed E-state index contributed by atoms with van der Waals surface area (Å²) in [5, 5.41) is 0.546. The molecule has 6 rings (SSSR count). The van der Waals surface area contributed by atoms with Crippen LogP contribution < -0.4 is 14.2 Å². The molecule has 202 valence electrons. The standard InChI is InChI=1S/C33H22O8/c1-37-22-13-15-26-25(17-22)29(31(41-26)20-6-4-3-5-7-20)33(36)39-23-12-14-24-27(18-23)40-28(30(24)34)16-19-8-10-21(11-9-19)32(35)38-2/h3-18H,1-2H3. The first-order chi connectivity index (χ1) is 19.9. The van der Waals surface area contributed by atoms with Crippen LogP contribution in [0.2, 0.25) is 0 Å². The number of benzene rings is 4. The lowest BCUT2D eigenvalue weighted by Gasteiger charge is -2.07. The number of esters is 2. The number of Topliss-reactive ketones (excluding diaryl/α,β-unsaturated/α-hetero) is 1. The van der Waals surface area contributed by atoms with Crippen LogP contribution in [0.15, 0.2) is 101 Å². The average molecular weight is 547 g/mol. The third-order valence-electron chi connectivity index (χ3n) is 6.62. The minimum absolute atomic E-state index is 0.105. The number of carbonyl (C=O) groups excluding carboxylic acids is 3. The van der Waals surface area contributed by atoms with E-state index in [9.17, 15) is 14.4 Å². The number of rotatable bonds is 6. The number of methoxy groups -OCH3 is 2. The van der Waals surface area contributed by atoms with E-state index in [1.807, 2.05) is 30.3 Å². The summed E-state index contributed by atoms with van der Waals surface area (Å²) in [6, 6.07) is 25.6. The van der Waals surface area contributed by atoms with Crippen LogP contribution in [-0.4, -0.2) is 31.9 Å². The van der Waals surface area contributed by atoms with Crippen LogP contribution >= 0.6 is 0 Å². The fourth-order valence-corrected chi connectivity index (χ4v) is 4.57. The van der Waals surface area contributed by atoms with Gasteiger partial charge in [0, 0.05) is 17.0 Å². The van der Waals surface area contributed by atoms with E-state index < -0.39 is 11.9 Å². The Hall–Kier alpha value is -5.63. The highest BCUT2D eigenvalue weighted by Gasteiger charge is 2.29. The molecule has 0 fully saturated rings. The van der Waals surface area contributed by atoms with Crippen LogP contribution in [0.3, 0.4) is 0 Å². The molecule has 0 aliphatic carbocycles. The summed E-state index contributed by atoms with van der Waals surface area (Å²) in [7, 11) is 2.85. The minimum Gasteiger partial charge on any atom is -0.497 e. The fourth-order valence-electron chi connectivity index (χ4n) is 4.57. The van der Waals surface area contributed by atoms with Gasteiger partial charge in [0.25, 0.3) is 0 Å². The average Bonchev–Trinajstić information content (AvgIpc) is 3.54. The van der Waals surface area contributed by atoms with Crippen LogP contribution in [-0.2, 0) is 4.74 Å². The molecule has 4 aromatic carbocycles. The normalized spacial score (nSPS) is 13.1. The zero-order valence-corrected chi connectivity index (χ0v) is 22.0. The quantitative estimate of drug-likeness (QED) is 0.131. The second-order valence-electron chi connectivity index (χ2n) is 9.14. The predicted molar refractivity (Wildman–Crippen MR) is 150 cm³/mol. The second-order valence-corrected chi connectivity index (χ2v) is 9.14. The molecule has 1 aromatic heterocycles. The van der Waals surface area contributed by atoms with Crippen molar-refractivity contribution in [2.75, 3.05) is 14.2 Å². The summed E-state index contributed by atoms with van der Waals surface area (Å²) < 4.78 is 27.7. The molecule has 0 radical (unpaired) electrons. The van der Waals surface area contributed by atoms with E-state index in [4.69, 9.17) is 23.4 Å². The summed E-state index contributed by atoms with van der Waals surface area (Å²) in [5.41, 5.74) is 2.86. The van der Waals surface area contributed by atoms with Crippen molar-refractivity contribution in [1.82, 2.24) is 0 Å². The van der Waals surface area contributed by atoms with Gasteiger partial charge < -0.3 is 23.4 Å². The lowest BCUT2D eigenvalue weighted by atomic mass is 10.1. The van der Waals surface area contributed by atoms with Crippen molar-refractivity contribution in [2.24, 2.45) is 0 Å². The van der Waals surface area contributed by atoms with Crippen molar-refractivity contribution in [3.05, 3.63) is 119 Å². The number of furan rings is 1. The molecule has 1 aliphatic heterocycles.